The molecular weight excluding hydrogens is 116 g/mol. The van der Waals surface area contributed by atoms with Crippen LogP contribution < -0.4 is 0 Å². The van der Waals surface area contributed by atoms with Crippen molar-refractivity contribution in [1.82, 2.24) is 0 Å². The van der Waals surface area contributed by atoms with Crippen molar-refractivity contribution in [3.63, 3.8) is 0 Å². The Balaban J connectivity index is 2.55. The third-order valence-electron chi connectivity index (χ3n) is 1.93. The molecule has 1 aliphatic rings. The third kappa shape index (κ3) is 1.13. The summed E-state index contributed by atoms with van der Waals surface area (Å²) in [5, 5.41) is 0. The van der Waals surface area contributed by atoms with Crippen LogP contribution in [-0.4, -0.2) is 19.0 Å². The summed E-state index contributed by atoms with van der Waals surface area (Å²) in [7, 11) is 1.60. The van der Waals surface area contributed by atoms with Crippen molar-refractivity contribution in [2.75, 3.05) is 7.11 Å². The summed E-state index contributed by atoms with van der Waals surface area (Å²) >= 11 is 0. The fourth-order valence-electron chi connectivity index (χ4n) is 1.34. The van der Waals surface area contributed by atoms with E-state index in [0.29, 0.717) is 12.3 Å². The molecule has 2 heteroatoms. The molecule has 2 atom stereocenters. The van der Waals surface area contributed by atoms with Gasteiger partial charge in [0.25, 0.3) is 0 Å². The first-order valence-electron chi connectivity index (χ1n) is 3.31. The van der Waals surface area contributed by atoms with Gasteiger partial charge < -0.3 is 4.74 Å². The molecule has 0 amide bonds. The van der Waals surface area contributed by atoms with Gasteiger partial charge in [-0.25, -0.2) is 0 Å². The molecule has 0 heterocycles. The van der Waals surface area contributed by atoms with Crippen LogP contribution in [0.5, 0.6) is 0 Å². The van der Waals surface area contributed by atoms with Gasteiger partial charge in [0.15, 0.2) is 5.78 Å². The van der Waals surface area contributed by atoms with Gasteiger partial charge in [-0.15, -0.1) is 0 Å². The molecule has 1 saturated carbocycles. The summed E-state index contributed by atoms with van der Waals surface area (Å²) < 4.78 is 4.99. The van der Waals surface area contributed by atoms with Crippen molar-refractivity contribution in [3.8, 4) is 0 Å². The predicted octanol–water partition coefficient (Wildman–Crippen LogP) is 1.00. The molecular formula is C7H12O2. The molecule has 1 fully saturated rings. The Bertz CT molecular complexity index is 120. The van der Waals surface area contributed by atoms with E-state index < -0.39 is 0 Å². The van der Waals surface area contributed by atoms with Gasteiger partial charge in [0.05, 0.1) is 0 Å². The number of Topliss-reactive ketones (excluding diaryl/α,β-unsaturated/α-hetero) is 1. The molecule has 0 aromatic rings. The maximum Gasteiger partial charge on any atom is 0.161 e. The van der Waals surface area contributed by atoms with Gasteiger partial charge in [-0.05, 0) is 12.3 Å². The summed E-state index contributed by atoms with van der Waals surface area (Å²) in [6, 6.07) is 0. The number of ketones is 1. The van der Waals surface area contributed by atoms with Gasteiger partial charge in [-0.3, -0.25) is 4.79 Å². The lowest BCUT2D eigenvalue weighted by Gasteiger charge is -2.09. The molecule has 0 aromatic carbocycles. The number of carbonyl (C=O) groups excluding carboxylic acids is 1. The first-order valence-corrected chi connectivity index (χ1v) is 3.31. The van der Waals surface area contributed by atoms with Gasteiger partial charge in [0, 0.05) is 13.5 Å². The lowest BCUT2D eigenvalue weighted by molar-refractivity contribution is -0.126. The van der Waals surface area contributed by atoms with Gasteiger partial charge in [0.2, 0.25) is 0 Å². The average molecular weight is 128 g/mol. The Labute approximate surface area is 55.2 Å². The van der Waals surface area contributed by atoms with Crippen LogP contribution in [0.1, 0.15) is 19.8 Å². The van der Waals surface area contributed by atoms with E-state index in [1.807, 2.05) is 0 Å². The van der Waals surface area contributed by atoms with Crippen LogP contribution in [0.2, 0.25) is 0 Å². The molecule has 0 radical (unpaired) electrons. The lowest BCUT2D eigenvalue weighted by Crippen LogP contribution is -2.21. The van der Waals surface area contributed by atoms with Crippen LogP contribution in [0, 0.1) is 5.92 Å². The fraction of sp³-hybridized carbons (Fsp3) is 0.857. The minimum atomic E-state index is -0.106. The molecule has 0 saturated heterocycles. The number of hydrogen-bond acceptors (Lipinski definition) is 2. The van der Waals surface area contributed by atoms with E-state index in [0.717, 1.165) is 6.42 Å². The zero-order valence-corrected chi connectivity index (χ0v) is 5.89. The molecule has 2 unspecified atom stereocenters. The molecule has 0 aromatic heterocycles. The average Bonchev–Trinajstić information content (AvgIpc) is 2.12. The minimum Gasteiger partial charge on any atom is -0.373 e. The molecule has 2 nitrogen and oxygen atoms in total. The molecule has 0 N–H and O–H groups in total. The second kappa shape index (κ2) is 2.48. The van der Waals surface area contributed by atoms with E-state index in [1.165, 1.54) is 0 Å². The normalized spacial score (nSPS) is 35.6. The number of carbonyl (C=O) groups is 1. The third-order valence-corrected chi connectivity index (χ3v) is 1.93. The largest absolute Gasteiger partial charge is 0.373 e. The zero-order valence-electron chi connectivity index (χ0n) is 5.89. The van der Waals surface area contributed by atoms with E-state index >= 15 is 0 Å². The highest BCUT2D eigenvalue weighted by Gasteiger charge is 2.30. The van der Waals surface area contributed by atoms with E-state index in [9.17, 15) is 4.79 Å². The van der Waals surface area contributed by atoms with Gasteiger partial charge in [-0.1, -0.05) is 6.92 Å². The summed E-state index contributed by atoms with van der Waals surface area (Å²) in [6.45, 7) is 2.05. The Morgan fingerprint density at radius 2 is 2.33 bits per heavy atom. The molecule has 0 bridgehead atoms. The van der Waals surface area contributed by atoms with Gasteiger partial charge in [-0.2, -0.15) is 0 Å². The minimum absolute atomic E-state index is 0.106. The highest BCUT2D eigenvalue weighted by Crippen LogP contribution is 2.23. The second-order valence-corrected chi connectivity index (χ2v) is 2.64. The Hall–Kier alpha value is -0.370. The van der Waals surface area contributed by atoms with E-state index in [4.69, 9.17) is 4.74 Å². The summed E-state index contributed by atoms with van der Waals surface area (Å²) in [5.74, 6) is 0.701. The van der Waals surface area contributed by atoms with Gasteiger partial charge in [0.1, 0.15) is 6.10 Å². The summed E-state index contributed by atoms with van der Waals surface area (Å²) in [6.07, 6.45) is 1.60. The highest BCUT2D eigenvalue weighted by atomic mass is 16.5. The summed E-state index contributed by atoms with van der Waals surface area (Å²) in [5.41, 5.74) is 0. The maximum atomic E-state index is 10.9. The van der Waals surface area contributed by atoms with Crippen molar-refractivity contribution in [1.29, 1.82) is 0 Å². The highest BCUT2D eigenvalue weighted by molar-refractivity contribution is 5.85. The number of ether oxygens (including phenoxy) is 1. The second-order valence-electron chi connectivity index (χ2n) is 2.64. The van der Waals surface area contributed by atoms with Crippen LogP contribution >= 0.6 is 0 Å². The SMILES string of the molecule is COC1C(=O)CCC1C. The quantitative estimate of drug-likeness (QED) is 0.526. The zero-order chi connectivity index (χ0) is 6.85. The van der Waals surface area contributed by atoms with Crippen molar-refractivity contribution in [2.24, 2.45) is 5.92 Å². The molecule has 52 valence electrons. The van der Waals surface area contributed by atoms with Crippen LogP contribution in [-0.2, 0) is 9.53 Å². The monoisotopic (exact) mass is 128 g/mol. The van der Waals surface area contributed by atoms with Crippen molar-refractivity contribution >= 4 is 5.78 Å². The molecule has 9 heavy (non-hydrogen) atoms. The smallest absolute Gasteiger partial charge is 0.161 e. The lowest BCUT2D eigenvalue weighted by atomic mass is 10.1. The van der Waals surface area contributed by atoms with Crippen molar-refractivity contribution in [3.05, 3.63) is 0 Å². The van der Waals surface area contributed by atoms with Crippen LogP contribution in [0.4, 0.5) is 0 Å². The Morgan fingerprint density at radius 1 is 1.67 bits per heavy atom. The number of rotatable bonds is 1. The number of hydrogen-bond donors (Lipinski definition) is 0. The topological polar surface area (TPSA) is 26.3 Å². The molecule has 0 aliphatic heterocycles. The predicted molar refractivity (Wildman–Crippen MR) is 34.2 cm³/mol. The Kier molecular flexibility index (Phi) is 1.86. The van der Waals surface area contributed by atoms with Crippen LogP contribution in [0.3, 0.4) is 0 Å². The van der Waals surface area contributed by atoms with E-state index in [2.05, 4.69) is 6.92 Å². The molecule has 0 spiro atoms. The van der Waals surface area contributed by atoms with E-state index in [-0.39, 0.29) is 11.9 Å². The van der Waals surface area contributed by atoms with Crippen LogP contribution in [0.15, 0.2) is 0 Å². The van der Waals surface area contributed by atoms with Gasteiger partial charge >= 0.3 is 0 Å². The van der Waals surface area contributed by atoms with Crippen molar-refractivity contribution < 1.29 is 9.53 Å². The molecule has 1 aliphatic carbocycles. The summed E-state index contributed by atoms with van der Waals surface area (Å²) in [4.78, 5) is 10.9. The maximum absolute atomic E-state index is 10.9. The first-order chi connectivity index (χ1) is 4.25. The Morgan fingerprint density at radius 3 is 2.56 bits per heavy atom. The fourth-order valence-corrected chi connectivity index (χ4v) is 1.34. The molecule has 1 rings (SSSR count). The standard InChI is InChI=1S/C7H12O2/c1-5-3-4-6(8)7(5)9-2/h5,7H,3-4H2,1-2H3. The first kappa shape index (κ1) is 6.75. The van der Waals surface area contributed by atoms with Crippen molar-refractivity contribution in [2.45, 2.75) is 25.9 Å². The van der Waals surface area contributed by atoms with E-state index in [1.54, 1.807) is 7.11 Å². The number of methoxy groups -OCH3 is 1. The van der Waals surface area contributed by atoms with Crippen LogP contribution in [0.25, 0.3) is 0 Å².